The first kappa shape index (κ1) is 15.4. The highest BCUT2D eigenvalue weighted by Gasteiger charge is 2.30. The molecular weight excluding hydrogens is 230 g/mol. The molecule has 1 fully saturated rings. The van der Waals surface area contributed by atoms with Gasteiger partial charge in [0, 0.05) is 6.54 Å². The summed E-state index contributed by atoms with van der Waals surface area (Å²) in [5.74, 6) is -0.506. The van der Waals surface area contributed by atoms with E-state index >= 15 is 0 Å². The molecule has 1 aliphatic rings. The van der Waals surface area contributed by atoms with E-state index in [1.807, 2.05) is 20.8 Å². The molecule has 0 aromatic heterocycles. The monoisotopic (exact) mass is 257 g/mol. The van der Waals surface area contributed by atoms with Crippen LogP contribution < -0.4 is 5.32 Å². The average molecular weight is 257 g/mol. The number of carboxylic acids is 1. The summed E-state index contributed by atoms with van der Waals surface area (Å²) < 4.78 is 5.61. The SMILES string of the molecule is CC(C)(C)OCCNCC1CCCCC1C(=O)O. The second-order valence-electron chi connectivity index (χ2n) is 6.15. The Morgan fingerprint density at radius 2 is 2.00 bits per heavy atom. The predicted molar refractivity (Wildman–Crippen MR) is 71.7 cm³/mol. The van der Waals surface area contributed by atoms with Crippen molar-refractivity contribution >= 4 is 5.97 Å². The van der Waals surface area contributed by atoms with Crippen molar-refractivity contribution in [3.8, 4) is 0 Å². The van der Waals surface area contributed by atoms with Crippen LogP contribution in [0.2, 0.25) is 0 Å². The van der Waals surface area contributed by atoms with E-state index in [0.717, 1.165) is 38.8 Å². The number of rotatable bonds is 6. The molecule has 1 saturated carbocycles. The van der Waals surface area contributed by atoms with E-state index in [-0.39, 0.29) is 17.4 Å². The molecule has 0 aromatic carbocycles. The molecule has 0 aromatic rings. The van der Waals surface area contributed by atoms with Gasteiger partial charge in [-0.2, -0.15) is 0 Å². The van der Waals surface area contributed by atoms with Crippen molar-refractivity contribution in [1.82, 2.24) is 5.32 Å². The van der Waals surface area contributed by atoms with Crippen LogP contribution in [-0.4, -0.2) is 36.4 Å². The third kappa shape index (κ3) is 5.83. The third-order valence-electron chi connectivity index (χ3n) is 3.45. The zero-order chi connectivity index (χ0) is 13.6. The third-order valence-corrected chi connectivity index (χ3v) is 3.45. The summed E-state index contributed by atoms with van der Waals surface area (Å²) in [6, 6.07) is 0. The van der Waals surface area contributed by atoms with E-state index in [4.69, 9.17) is 9.84 Å². The van der Waals surface area contributed by atoms with Crippen LogP contribution in [0, 0.1) is 11.8 Å². The Kier molecular flexibility index (Phi) is 6.09. The van der Waals surface area contributed by atoms with Gasteiger partial charge in [0.2, 0.25) is 0 Å². The van der Waals surface area contributed by atoms with Crippen LogP contribution >= 0.6 is 0 Å². The molecule has 4 heteroatoms. The Labute approximate surface area is 110 Å². The molecule has 0 saturated heterocycles. The van der Waals surface area contributed by atoms with E-state index in [9.17, 15) is 4.79 Å². The van der Waals surface area contributed by atoms with Crippen molar-refractivity contribution < 1.29 is 14.6 Å². The van der Waals surface area contributed by atoms with E-state index in [2.05, 4.69) is 5.32 Å². The number of carbonyl (C=O) groups is 1. The van der Waals surface area contributed by atoms with Gasteiger partial charge < -0.3 is 15.2 Å². The highest BCUT2D eigenvalue weighted by Crippen LogP contribution is 2.29. The zero-order valence-electron chi connectivity index (χ0n) is 11.9. The van der Waals surface area contributed by atoms with Gasteiger partial charge in [-0.25, -0.2) is 0 Å². The van der Waals surface area contributed by atoms with Crippen molar-refractivity contribution in [2.75, 3.05) is 19.7 Å². The number of carboxylic acid groups (broad SMARTS) is 1. The Morgan fingerprint density at radius 3 is 2.61 bits per heavy atom. The van der Waals surface area contributed by atoms with Crippen LogP contribution in [-0.2, 0) is 9.53 Å². The van der Waals surface area contributed by atoms with E-state index in [1.165, 1.54) is 0 Å². The molecule has 1 aliphatic carbocycles. The van der Waals surface area contributed by atoms with Crippen LogP contribution in [0.4, 0.5) is 0 Å². The highest BCUT2D eigenvalue weighted by atomic mass is 16.5. The molecule has 1 rings (SSSR count). The second-order valence-corrected chi connectivity index (χ2v) is 6.15. The molecule has 18 heavy (non-hydrogen) atoms. The molecule has 0 radical (unpaired) electrons. The average Bonchev–Trinajstić information content (AvgIpc) is 2.27. The molecule has 106 valence electrons. The maximum absolute atomic E-state index is 11.1. The van der Waals surface area contributed by atoms with Gasteiger partial charge in [0.15, 0.2) is 0 Å². The van der Waals surface area contributed by atoms with E-state index < -0.39 is 5.97 Å². The van der Waals surface area contributed by atoms with Gasteiger partial charge in [-0.3, -0.25) is 4.79 Å². The molecule has 2 atom stereocenters. The lowest BCUT2D eigenvalue weighted by Gasteiger charge is -2.29. The van der Waals surface area contributed by atoms with Gasteiger partial charge in [-0.05, 0) is 46.1 Å². The van der Waals surface area contributed by atoms with Crippen LogP contribution in [0.15, 0.2) is 0 Å². The minimum Gasteiger partial charge on any atom is -0.481 e. The lowest BCUT2D eigenvalue weighted by Crippen LogP contribution is -2.36. The summed E-state index contributed by atoms with van der Waals surface area (Å²) in [7, 11) is 0. The van der Waals surface area contributed by atoms with Crippen molar-refractivity contribution in [2.45, 2.75) is 52.1 Å². The summed E-state index contributed by atoms with van der Waals surface area (Å²) in [6.45, 7) is 8.37. The summed E-state index contributed by atoms with van der Waals surface area (Å²) in [5, 5.41) is 12.5. The number of aliphatic carboxylic acids is 1. The second kappa shape index (κ2) is 7.10. The van der Waals surface area contributed by atoms with Crippen LogP contribution in [0.1, 0.15) is 46.5 Å². The fraction of sp³-hybridized carbons (Fsp3) is 0.929. The van der Waals surface area contributed by atoms with Gasteiger partial charge in [0.05, 0.1) is 18.1 Å². The van der Waals surface area contributed by atoms with E-state index in [1.54, 1.807) is 0 Å². The fourth-order valence-electron chi connectivity index (χ4n) is 2.49. The molecule has 0 spiro atoms. The van der Waals surface area contributed by atoms with Crippen molar-refractivity contribution in [3.63, 3.8) is 0 Å². The number of hydrogen-bond donors (Lipinski definition) is 2. The van der Waals surface area contributed by atoms with Crippen molar-refractivity contribution in [2.24, 2.45) is 11.8 Å². The predicted octanol–water partition coefficient (Wildman–Crippen LogP) is 2.28. The largest absolute Gasteiger partial charge is 0.481 e. The first-order chi connectivity index (χ1) is 8.40. The zero-order valence-corrected chi connectivity index (χ0v) is 11.9. The Bertz CT molecular complexity index is 260. The van der Waals surface area contributed by atoms with Gasteiger partial charge in [0.1, 0.15) is 0 Å². The Morgan fingerprint density at radius 1 is 1.33 bits per heavy atom. The molecule has 2 N–H and O–H groups in total. The number of ether oxygens (including phenoxy) is 1. The first-order valence-electron chi connectivity index (χ1n) is 6.97. The maximum atomic E-state index is 11.1. The maximum Gasteiger partial charge on any atom is 0.306 e. The van der Waals surface area contributed by atoms with Gasteiger partial charge >= 0.3 is 5.97 Å². The Hall–Kier alpha value is -0.610. The van der Waals surface area contributed by atoms with Crippen LogP contribution in [0.3, 0.4) is 0 Å². The Balaban J connectivity index is 2.19. The lowest BCUT2D eigenvalue weighted by atomic mass is 9.79. The molecule has 4 nitrogen and oxygen atoms in total. The molecule has 2 unspecified atom stereocenters. The number of hydrogen-bond acceptors (Lipinski definition) is 3. The summed E-state index contributed by atoms with van der Waals surface area (Å²) in [4.78, 5) is 11.1. The number of nitrogens with one attached hydrogen (secondary N) is 1. The molecule has 0 amide bonds. The summed E-state index contributed by atoms with van der Waals surface area (Å²) in [5.41, 5.74) is -0.101. The smallest absolute Gasteiger partial charge is 0.306 e. The lowest BCUT2D eigenvalue weighted by molar-refractivity contribution is -0.144. The quantitative estimate of drug-likeness (QED) is 0.717. The highest BCUT2D eigenvalue weighted by molar-refractivity contribution is 5.70. The van der Waals surface area contributed by atoms with Gasteiger partial charge in [-0.1, -0.05) is 12.8 Å². The van der Waals surface area contributed by atoms with Crippen LogP contribution in [0.25, 0.3) is 0 Å². The van der Waals surface area contributed by atoms with Crippen molar-refractivity contribution in [3.05, 3.63) is 0 Å². The molecular formula is C14H27NO3. The minimum atomic E-state index is -0.632. The fourth-order valence-corrected chi connectivity index (χ4v) is 2.49. The summed E-state index contributed by atoms with van der Waals surface area (Å²) >= 11 is 0. The van der Waals surface area contributed by atoms with Crippen molar-refractivity contribution in [1.29, 1.82) is 0 Å². The normalized spacial score (nSPS) is 25.1. The van der Waals surface area contributed by atoms with Crippen LogP contribution in [0.5, 0.6) is 0 Å². The topological polar surface area (TPSA) is 58.6 Å². The standard InChI is InChI=1S/C14H27NO3/c1-14(2,3)18-9-8-15-10-11-6-4-5-7-12(11)13(16)17/h11-12,15H,4-10H2,1-3H3,(H,16,17). The first-order valence-corrected chi connectivity index (χ1v) is 6.97. The van der Waals surface area contributed by atoms with E-state index in [0.29, 0.717) is 6.61 Å². The van der Waals surface area contributed by atoms with Gasteiger partial charge in [0.25, 0.3) is 0 Å². The molecule has 0 aliphatic heterocycles. The molecule has 0 bridgehead atoms. The summed E-state index contributed by atoms with van der Waals surface area (Å²) in [6.07, 6.45) is 4.08. The van der Waals surface area contributed by atoms with Gasteiger partial charge in [-0.15, -0.1) is 0 Å². The minimum absolute atomic E-state index is 0.101. The molecule has 0 heterocycles.